The van der Waals surface area contributed by atoms with Crippen molar-refractivity contribution >= 4 is 11.7 Å². The predicted octanol–water partition coefficient (Wildman–Crippen LogP) is 0.763. The van der Waals surface area contributed by atoms with Crippen LogP contribution >= 0.6 is 0 Å². The fourth-order valence-electron chi connectivity index (χ4n) is 1.45. The maximum atomic E-state index is 12.9. The Labute approximate surface area is 102 Å². The van der Waals surface area contributed by atoms with Crippen molar-refractivity contribution in [1.82, 2.24) is 15.6 Å². The Morgan fingerprint density at radius 2 is 2.28 bits per heavy atom. The van der Waals surface area contributed by atoms with Crippen LogP contribution < -0.4 is 11.1 Å². The summed E-state index contributed by atoms with van der Waals surface area (Å²) in [5.41, 5.74) is 6.11. The first kappa shape index (κ1) is 12.0. The lowest BCUT2D eigenvalue weighted by atomic mass is 10.1. The van der Waals surface area contributed by atoms with Gasteiger partial charge in [-0.3, -0.25) is 4.79 Å². The molecule has 0 spiro atoms. The van der Waals surface area contributed by atoms with Gasteiger partial charge in [0.1, 0.15) is 5.82 Å². The van der Waals surface area contributed by atoms with Crippen molar-refractivity contribution in [3.63, 3.8) is 0 Å². The number of anilines is 1. The van der Waals surface area contributed by atoms with Crippen LogP contribution in [0.2, 0.25) is 0 Å². The molecule has 0 unspecified atom stereocenters. The largest absolute Gasteiger partial charge is 0.379 e. The van der Waals surface area contributed by atoms with Crippen molar-refractivity contribution < 1.29 is 13.8 Å². The maximum Gasteiger partial charge on any atom is 0.277 e. The zero-order valence-electron chi connectivity index (χ0n) is 9.39. The molecule has 3 N–H and O–H groups in total. The summed E-state index contributed by atoms with van der Waals surface area (Å²) in [6.45, 7) is 0.342. The lowest BCUT2D eigenvalue weighted by Crippen LogP contribution is -2.26. The summed E-state index contributed by atoms with van der Waals surface area (Å²) in [6, 6.07) is 6.18. The highest BCUT2D eigenvalue weighted by Crippen LogP contribution is 2.05. The fraction of sp³-hybridized carbons (Fsp3) is 0.182. The molecular formula is C11H11FN4O2. The number of benzene rings is 1. The van der Waals surface area contributed by atoms with Crippen LogP contribution in [-0.2, 0) is 6.42 Å². The second-order valence-corrected chi connectivity index (χ2v) is 3.63. The minimum absolute atomic E-state index is 0.0470. The van der Waals surface area contributed by atoms with E-state index in [0.29, 0.717) is 13.0 Å². The number of halogens is 1. The lowest BCUT2D eigenvalue weighted by Gasteiger charge is -2.03. The third kappa shape index (κ3) is 2.82. The van der Waals surface area contributed by atoms with Crippen molar-refractivity contribution in [2.24, 2.45) is 0 Å². The van der Waals surface area contributed by atoms with Crippen LogP contribution in [0.15, 0.2) is 28.9 Å². The number of hydrogen-bond donors (Lipinski definition) is 2. The van der Waals surface area contributed by atoms with Crippen LogP contribution in [-0.4, -0.2) is 22.8 Å². The van der Waals surface area contributed by atoms with Crippen molar-refractivity contribution in [2.45, 2.75) is 6.42 Å². The maximum absolute atomic E-state index is 12.9. The topological polar surface area (TPSA) is 94.0 Å². The quantitative estimate of drug-likeness (QED) is 0.835. The van der Waals surface area contributed by atoms with Crippen LogP contribution in [0.3, 0.4) is 0 Å². The molecule has 2 aromatic rings. The summed E-state index contributed by atoms with van der Waals surface area (Å²) in [7, 11) is 0. The highest BCUT2D eigenvalue weighted by molar-refractivity contribution is 5.95. The number of aromatic nitrogens is 2. The molecule has 0 fully saturated rings. The molecular weight excluding hydrogens is 239 g/mol. The van der Waals surface area contributed by atoms with Gasteiger partial charge in [0.2, 0.25) is 11.5 Å². The Morgan fingerprint density at radius 1 is 1.44 bits per heavy atom. The molecule has 94 valence electrons. The van der Waals surface area contributed by atoms with Crippen LogP contribution in [0.4, 0.5) is 10.2 Å². The van der Waals surface area contributed by atoms with Gasteiger partial charge in [-0.05, 0) is 34.4 Å². The molecule has 0 aliphatic heterocycles. The number of nitrogens with two attached hydrogens (primary N) is 1. The molecule has 0 aliphatic carbocycles. The van der Waals surface area contributed by atoms with Gasteiger partial charge in [0.25, 0.3) is 5.91 Å². The van der Waals surface area contributed by atoms with Gasteiger partial charge in [-0.15, -0.1) is 0 Å². The minimum Gasteiger partial charge on any atom is -0.379 e. The normalized spacial score (nSPS) is 10.3. The second kappa shape index (κ2) is 5.26. The first-order chi connectivity index (χ1) is 8.66. The van der Waals surface area contributed by atoms with Gasteiger partial charge in [-0.1, -0.05) is 12.1 Å². The van der Waals surface area contributed by atoms with E-state index in [1.165, 1.54) is 12.1 Å². The van der Waals surface area contributed by atoms with Crippen molar-refractivity contribution in [2.75, 3.05) is 12.3 Å². The third-order valence-electron chi connectivity index (χ3n) is 2.32. The smallest absolute Gasteiger partial charge is 0.277 e. The highest BCUT2D eigenvalue weighted by Gasteiger charge is 2.14. The average molecular weight is 250 g/mol. The van der Waals surface area contributed by atoms with E-state index in [4.69, 9.17) is 5.73 Å². The molecule has 0 bridgehead atoms. The zero-order valence-corrected chi connectivity index (χ0v) is 9.39. The number of carbonyl (C=O) groups excluding carboxylic acids is 1. The van der Waals surface area contributed by atoms with Crippen molar-refractivity contribution in [1.29, 1.82) is 0 Å². The number of rotatable bonds is 4. The predicted molar refractivity (Wildman–Crippen MR) is 61.1 cm³/mol. The number of carbonyl (C=O) groups is 1. The average Bonchev–Trinajstić information content (AvgIpc) is 2.75. The van der Waals surface area contributed by atoms with E-state index in [0.717, 1.165) is 5.56 Å². The number of hydrogen-bond acceptors (Lipinski definition) is 5. The summed E-state index contributed by atoms with van der Waals surface area (Å²) in [4.78, 5) is 11.6. The Kier molecular flexibility index (Phi) is 3.52. The summed E-state index contributed by atoms with van der Waals surface area (Å²) in [5, 5.41) is 9.26. The molecule has 0 radical (unpaired) electrons. The first-order valence-corrected chi connectivity index (χ1v) is 5.27. The Hall–Kier alpha value is -2.44. The fourth-order valence-corrected chi connectivity index (χ4v) is 1.45. The van der Waals surface area contributed by atoms with Gasteiger partial charge in [-0.2, -0.15) is 0 Å². The monoisotopic (exact) mass is 250 g/mol. The first-order valence-electron chi connectivity index (χ1n) is 5.27. The molecule has 1 amide bonds. The third-order valence-corrected chi connectivity index (χ3v) is 2.32. The Morgan fingerprint density at radius 3 is 2.94 bits per heavy atom. The van der Waals surface area contributed by atoms with Crippen LogP contribution in [0.25, 0.3) is 0 Å². The van der Waals surface area contributed by atoms with Crippen LogP contribution in [0, 0.1) is 5.82 Å². The number of nitrogens with one attached hydrogen (secondary N) is 1. The van der Waals surface area contributed by atoms with Crippen molar-refractivity contribution in [3.05, 3.63) is 41.3 Å². The van der Waals surface area contributed by atoms with E-state index in [2.05, 4.69) is 20.3 Å². The summed E-state index contributed by atoms with van der Waals surface area (Å²) >= 11 is 0. The van der Waals surface area contributed by atoms with Crippen LogP contribution in [0.5, 0.6) is 0 Å². The van der Waals surface area contributed by atoms with E-state index < -0.39 is 5.91 Å². The van der Waals surface area contributed by atoms with E-state index in [1.807, 2.05) is 0 Å². The number of amides is 1. The summed E-state index contributed by atoms with van der Waals surface area (Å²) < 4.78 is 17.2. The molecule has 0 atom stereocenters. The number of nitrogens with zero attached hydrogens (tertiary/aromatic N) is 2. The molecule has 1 aromatic heterocycles. The lowest BCUT2D eigenvalue weighted by molar-refractivity contribution is 0.0945. The molecule has 2 rings (SSSR count). The van der Waals surface area contributed by atoms with Gasteiger partial charge in [0, 0.05) is 6.54 Å². The van der Waals surface area contributed by atoms with E-state index in [-0.39, 0.29) is 17.3 Å². The molecule has 0 aliphatic rings. The second-order valence-electron chi connectivity index (χ2n) is 3.63. The van der Waals surface area contributed by atoms with Crippen molar-refractivity contribution in [3.8, 4) is 0 Å². The molecule has 7 heteroatoms. The summed E-state index contributed by atoms with van der Waals surface area (Å²) in [5.74, 6) is -0.827. The van der Waals surface area contributed by atoms with Gasteiger partial charge in [0.05, 0.1) is 0 Å². The molecule has 1 aromatic carbocycles. The zero-order chi connectivity index (χ0) is 13.0. The minimum atomic E-state index is -0.467. The van der Waals surface area contributed by atoms with Gasteiger partial charge in [-0.25, -0.2) is 9.02 Å². The van der Waals surface area contributed by atoms with Crippen LogP contribution in [0.1, 0.15) is 16.1 Å². The molecule has 1 heterocycles. The molecule has 0 saturated heterocycles. The molecule has 18 heavy (non-hydrogen) atoms. The molecule has 6 nitrogen and oxygen atoms in total. The molecule has 0 saturated carbocycles. The van der Waals surface area contributed by atoms with E-state index in [1.54, 1.807) is 12.1 Å². The highest BCUT2D eigenvalue weighted by atomic mass is 19.1. The van der Waals surface area contributed by atoms with Gasteiger partial charge >= 0.3 is 0 Å². The van der Waals surface area contributed by atoms with Gasteiger partial charge < -0.3 is 11.1 Å². The number of nitrogen functional groups attached to an aromatic ring is 1. The van der Waals surface area contributed by atoms with E-state index in [9.17, 15) is 9.18 Å². The van der Waals surface area contributed by atoms with E-state index >= 15 is 0 Å². The standard InChI is InChI=1S/C11H11FN4O2/c12-8-3-1-2-7(6-8)4-5-14-11(17)9-10(13)16-18-15-9/h1-3,6H,4-5H2,(H2,13,16)(H,14,17). The Bertz CT molecular complexity index is 555. The SMILES string of the molecule is Nc1nonc1C(=O)NCCc1cccc(F)c1. The Balaban J connectivity index is 1.86. The summed E-state index contributed by atoms with van der Waals surface area (Å²) in [6.07, 6.45) is 0.509. The van der Waals surface area contributed by atoms with Gasteiger partial charge in [0.15, 0.2) is 0 Å².